The van der Waals surface area contributed by atoms with Crippen LogP contribution in [0, 0.1) is 6.92 Å². The molecule has 1 aromatic carbocycles. The molecule has 2 rings (SSSR count). The van der Waals surface area contributed by atoms with Crippen LogP contribution in [0.25, 0.3) is 0 Å². The first-order valence-electron chi connectivity index (χ1n) is 6.98. The van der Waals surface area contributed by atoms with Crippen LogP contribution in [0.4, 0.5) is 0 Å². The Bertz CT molecular complexity index is 331. The molecule has 1 heterocycles. The average molecular weight is 231 g/mol. The Labute approximate surface area is 106 Å². The average Bonchev–Trinajstić information content (AvgIpc) is 2.31. The lowest BCUT2D eigenvalue weighted by atomic mass is 9.97. The zero-order valence-electron chi connectivity index (χ0n) is 11.4. The third-order valence-electron chi connectivity index (χ3n) is 4.16. The largest absolute Gasteiger partial charge is 0.298 e. The minimum atomic E-state index is 0.768. The van der Waals surface area contributed by atoms with Crippen LogP contribution in [-0.4, -0.2) is 23.5 Å². The van der Waals surface area contributed by atoms with E-state index in [4.69, 9.17) is 0 Å². The maximum Gasteiger partial charge on any atom is 0.00698 e. The van der Waals surface area contributed by atoms with Crippen molar-refractivity contribution in [3.8, 4) is 0 Å². The molecule has 0 spiro atoms. The van der Waals surface area contributed by atoms with Crippen LogP contribution in [0.15, 0.2) is 24.3 Å². The molecule has 0 aromatic heterocycles. The van der Waals surface area contributed by atoms with E-state index >= 15 is 0 Å². The highest BCUT2D eigenvalue weighted by Gasteiger charge is 2.23. The molecular weight excluding hydrogens is 206 g/mol. The Hall–Kier alpha value is -0.820. The third-order valence-corrected chi connectivity index (χ3v) is 4.16. The predicted octanol–water partition coefficient (Wildman–Crippen LogP) is 3.80. The van der Waals surface area contributed by atoms with E-state index in [9.17, 15) is 0 Å². The molecule has 94 valence electrons. The smallest absolute Gasteiger partial charge is 0.00698 e. The summed E-state index contributed by atoms with van der Waals surface area (Å²) in [5, 5.41) is 0. The highest BCUT2D eigenvalue weighted by molar-refractivity contribution is 5.21. The van der Waals surface area contributed by atoms with Gasteiger partial charge in [-0.1, -0.05) is 36.2 Å². The van der Waals surface area contributed by atoms with Crippen LogP contribution in [0.1, 0.15) is 44.2 Å². The minimum Gasteiger partial charge on any atom is -0.298 e. The van der Waals surface area contributed by atoms with Crippen LogP contribution in [0.2, 0.25) is 0 Å². The zero-order valence-corrected chi connectivity index (χ0v) is 11.4. The SMILES string of the molecule is Cc1ccc(CCN2[C@H](C)CCC[C@@H]2C)cc1. The molecule has 0 N–H and O–H groups in total. The number of hydrogen-bond acceptors (Lipinski definition) is 1. The number of rotatable bonds is 3. The van der Waals surface area contributed by atoms with Crippen molar-refractivity contribution in [3.63, 3.8) is 0 Å². The highest BCUT2D eigenvalue weighted by Crippen LogP contribution is 2.22. The fourth-order valence-corrected chi connectivity index (χ4v) is 2.93. The van der Waals surface area contributed by atoms with Crippen LogP contribution in [-0.2, 0) is 6.42 Å². The van der Waals surface area contributed by atoms with Gasteiger partial charge in [-0.2, -0.15) is 0 Å². The van der Waals surface area contributed by atoms with Crippen molar-refractivity contribution in [3.05, 3.63) is 35.4 Å². The molecule has 0 radical (unpaired) electrons. The van der Waals surface area contributed by atoms with Gasteiger partial charge in [-0.15, -0.1) is 0 Å². The summed E-state index contributed by atoms with van der Waals surface area (Å²) in [4.78, 5) is 2.68. The van der Waals surface area contributed by atoms with Crippen molar-refractivity contribution in [2.75, 3.05) is 6.54 Å². The molecule has 1 nitrogen and oxygen atoms in total. The predicted molar refractivity (Wildman–Crippen MR) is 74.4 cm³/mol. The van der Waals surface area contributed by atoms with E-state index in [-0.39, 0.29) is 0 Å². The van der Waals surface area contributed by atoms with Crippen LogP contribution >= 0.6 is 0 Å². The van der Waals surface area contributed by atoms with E-state index < -0.39 is 0 Å². The van der Waals surface area contributed by atoms with Crippen molar-refractivity contribution >= 4 is 0 Å². The van der Waals surface area contributed by atoms with E-state index in [1.54, 1.807) is 0 Å². The van der Waals surface area contributed by atoms with Gasteiger partial charge in [0.15, 0.2) is 0 Å². The van der Waals surface area contributed by atoms with Gasteiger partial charge in [0, 0.05) is 18.6 Å². The maximum atomic E-state index is 2.68. The number of likely N-dealkylation sites (tertiary alicyclic amines) is 1. The zero-order chi connectivity index (χ0) is 12.3. The molecule has 1 saturated heterocycles. The first-order valence-corrected chi connectivity index (χ1v) is 6.98. The summed E-state index contributed by atoms with van der Waals surface area (Å²) < 4.78 is 0. The summed E-state index contributed by atoms with van der Waals surface area (Å²) in [5.41, 5.74) is 2.83. The Morgan fingerprint density at radius 1 is 1.06 bits per heavy atom. The van der Waals surface area contributed by atoms with Gasteiger partial charge < -0.3 is 0 Å². The lowest BCUT2D eigenvalue weighted by Gasteiger charge is -2.39. The highest BCUT2D eigenvalue weighted by atomic mass is 15.2. The van der Waals surface area contributed by atoms with Crippen molar-refractivity contribution in [1.82, 2.24) is 4.90 Å². The van der Waals surface area contributed by atoms with Crippen molar-refractivity contribution < 1.29 is 0 Å². The van der Waals surface area contributed by atoms with Gasteiger partial charge in [0.05, 0.1) is 0 Å². The second kappa shape index (κ2) is 5.68. The van der Waals surface area contributed by atoms with E-state index in [1.165, 1.54) is 43.4 Å². The fraction of sp³-hybridized carbons (Fsp3) is 0.625. The standard InChI is InChI=1S/C16H25N/c1-13-7-9-16(10-8-13)11-12-17-14(2)5-4-6-15(17)3/h7-10,14-15H,4-6,11-12H2,1-3H3/t14-,15+. The van der Waals surface area contributed by atoms with Gasteiger partial charge >= 0.3 is 0 Å². The molecule has 0 amide bonds. The maximum absolute atomic E-state index is 2.68. The summed E-state index contributed by atoms with van der Waals surface area (Å²) in [6.45, 7) is 8.12. The van der Waals surface area contributed by atoms with Crippen molar-refractivity contribution in [2.45, 2.75) is 58.5 Å². The molecule has 17 heavy (non-hydrogen) atoms. The molecule has 1 heteroatoms. The first-order chi connectivity index (χ1) is 8.16. The fourth-order valence-electron chi connectivity index (χ4n) is 2.93. The van der Waals surface area contributed by atoms with Gasteiger partial charge in [-0.25, -0.2) is 0 Å². The second-order valence-corrected chi connectivity index (χ2v) is 5.60. The summed E-state index contributed by atoms with van der Waals surface area (Å²) in [5.74, 6) is 0. The number of aryl methyl sites for hydroxylation is 1. The summed E-state index contributed by atoms with van der Waals surface area (Å²) in [7, 11) is 0. The normalized spacial score (nSPS) is 26.1. The van der Waals surface area contributed by atoms with E-state index in [2.05, 4.69) is 49.9 Å². The van der Waals surface area contributed by atoms with E-state index in [1.807, 2.05) is 0 Å². The van der Waals surface area contributed by atoms with Crippen molar-refractivity contribution in [2.24, 2.45) is 0 Å². The van der Waals surface area contributed by atoms with Gasteiger partial charge in [0.2, 0.25) is 0 Å². The molecule has 2 atom stereocenters. The Morgan fingerprint density at radius 3 is 2.24 bits per heavy atom. The van der Waals surface area contributed by atoms with Crippen LogP contribution < -0.4 is 0 Å². The summed E-state index contributed by atoms with van der Waals surface area (Å²) in [6, 6.07) is 10.5. The van der Waals surface area contributed by atoms with Crippen LogP contribution in [0.5, 0.6) is 0 Å². The Kier molecular flexibility index (Phi) is 4.22. The monoisotopic (exact) mass is 231 g/mol. The van der Waals surface area contributed by atoms with Gasteiger partial charge in [0.25, 0.3) is 0 Å². The van der Waals surface area contributed by atoms with Gasteiger partial charge in [-0.3, -0.25) is 4.90 Å². The molecule has 0 unspecified atom stereocenters. The molecule has 1 aliphatic heterocycles. The summed E-state index contributed by atoms with van der Waals surface area (Å²) in [6.07, 6.45) is 5.34. The number of piperidine rings is 1. The second-order valence-electron chi connectivity index (χ2n) is 5.60. The molecule has 0 saturated carbocycles. The summed E-state index contributed by atoms with van der Waals surface area (Å²) >= 11 is 0. The van der Waals surface area contributed by atoms with E-state index in [0.29, 0.717) is 0 Å². The molecule has 1 aromatic rings. The number of benzene rings is 1. The molecule has 1 fully saturated rings. The lowest BCUT2D eigenvalue weighted by molar-refractivity contribution is 0.105. The first kappa shape index (κ1) is 12.6. The van der Waals surface area contributed by atoms with Crippen LogP contribution in [0.3, 0.4) is 0 Å². The lowest BCUT2D eigenvalue weighted by Crippen LogP contribution is -2.44. The number of nitrogens with zero attached hydrogens (tertiary/aromatic N) is 1. The molecule has 0 aliphatic carbocycles. The topological polar surface area (TPSA) is 3.24 Å². The Morgan fingerprint density at radius 2 is 1.65 bits per heavy atom. The molecule has 1 aliphatic rings. The number of hydrogen-bond donors (Lipinski definition) is 0. The quantitative estimate of drug-likeness (QED) is 0.765. The van der Waals surface area contributed by atoms with E-state index in [0.717, 1.165) is 12.1 Å². The van der Waals surface area contributed by atoms with Gasteiger partial charge in [0.1, 0.15) is 0 Å². The molecule has 0 bridgehead atoms. The molecular formula is C16H25N. The van der Waals surface area contributed by atoms with Gasteiger partial charge in [-0.05, 0) is 45.6 Å². The Balaban J connectivity index is 1.90. The minimum absolute atomic E-state index is 0.768. The van der Waals surface area contributed by atoms with Crippen molar-refractivity contribution in [1.29, 1.82) is 0 Å². The third kappa shape index (κ3) is 3.32.